The number of hydrogen-bond donors (Lipinski definition) is 2. The van der Waals surface area contributed by atoms with Crippen LogP contribution >= 0.6 is 0 Å². The molecule has 0 aliphatic carbocycles. The predicted octanol–water partition coefficient (Wildman–Crippen LogP) is 5.60. The number of carbonyl (C=O) groups excluding carboxylic acids is 3. The molecule has 1 aromatic heterocycles. The van der Waals surface area contributed by atoms with Crippen molar-refractivity contribution < 1.29 is 23.9 Å². The molecule has 7 rings (SSSR count). The minimum Gasteiger partial charge on any atom is -0.497 e. The first-order valence-corrected chi connectivity index (χ1v) is 14.4. The number of benzene rings is 4. The third kappa shape index (κ3) is 4.53. The average Bonchev–Trinajstić information content (AvgIpc) is 3.56. The number of para-hydroxylation sites is 1. The Morgan fingerprint density at radius 3 is 2.20 bits per heavy atom. The second-order valence-corrected chi connectivity index (χ2v) is 10.9. The van der Waals surface area contributed by atoms with E-state index in [2.05, 4.69) is 10.3 Å². The van der Waals surface area contributed by atoms with Gasteiger partial charge in [0.05, 0.1) is 19.9 Å². The van der Waals surface area contributed by atoms with E-state index < -0.39 is 18.1 Å². The number of H-pyrrole nitrogens is 1. The first-order valence-electron chi connectivity index (χ1n) is 14.4. The zero-order valence-corrected chi connectivity index (χ0v) is 24.2. The Balaban J connectivity index is 1.17. The molecule has 0 spiro atoms. The number of aromatic nitrogens is 1. The summed E-state index contributed by atoms with van der Waals surface area (Å²) >= 11 is 0. The second kappa shape index (κ2) is 10.9. The van der Waals surface area contributed by atoms with Crippen LogP contribution in [0.2, 0.25) is 0 Å². The van der Waals surface area contributed by atoms with Crippen LogP contribution in [0.3, 0.4) is 0 Å². The summed E-state index contributed by atoms with van der Waals surface area (Å²) in [6.45, 7) is 0.353. The zero-order chi connectivity index (χ0) is 30.4. The van der Waals surface area contributed by atoms with Gasteiger partial charge >= 0.3 is 6.03 Å². The number of urea groups is 1. The van der Waals surface area contributed by atoms with Crippen molar-refractivity contribution in [3.8, 4) is 11.5 Å². The van der Waals surface area contributed by atoms with Crippen LogP contribution in [0.1, 0.15) is 38.8 Å². The van der Waals surface area contributed by atoms with Gasteiger partial charge in [0.25, 0.3) is 11.8 Å². The number of methoxy groups -OCH3 is 2. The number of anilines is 1. The van der Waals surface area contributed by atoms with Crippen molar-refractivity contribution in [2.24, 2.45) is 0 Å². The fourth-order valence-electron chi connectivity index (χ4n) is 6.23. The van der Waals surface area contributed by atoms with Crippen LogP contribution < -0.4 is 19.7 Å². The fourth-order valence-corrected chi connectivity index (χ4v) is 6.23. The van der Waals surface area contributed by atoms with Gasteiger partial charge in [0.1, 0.15) is 23.6 Å². The smallest absolute Gasteiger partial charge is 0.332 e. The van der Waals surface area contributed by atoms with Gasteiger partial charge in [-0.3, -0.25) is 14.5 Å². The molecule has 4 amide bonds. The van der Waals surface area contributed by atoms with Gasteiger partial charge < -0.3 is 19.8 Å². The van der Waals surface area contributed by atoms with Crippen molar-refractivity contribution in [2.45, 2.75) is 25.0 Å². The molecule has 1 fully saturated rings. The van der Waals surface area contributed by atoms with Gasteiger partial charge in [-0.15, -0.1) is 0 Å². The molecule has 4 aromatic carbocycles. The van der Waals surface area contributed by atoms with E-state index in [1.54, 1.807) is 43.4 Å². The fraction of sp³-hybridized carbons (Fsp3) is 0.171. The lowest BCUT2D eigenvalue weighted by Crippen LogP contribution is -2.44. The van der Waals surface area contributed by atoms with Crippen molar-refractivity contribution in [3.05, 3.63) is 125 Å². The summed E-state index contributed by atoms with van der Waals surface area (Å²) in [4.78, 5) is 47.4. The zero-order valence-electron chi connectivity index (χ0n) is 24.2. The van der Waals surface area contributed by atoms with Gasteiger partial charge in [0.2, 0.25) is 0 Å². The predicted molar refractivity (Wildman–Crippen MR) is 166 cm³/mol. The number of rotatable bonds is 7. The topological polar surface area (TPSA) is 104 Å². The van der Waals surface area contributed by atoms with Gasteiger partial charge in [-0.05, 0) is 71.3 Å². The lowest BCUT2D eigenvalue weighted by molar-refractivity contribution is -0.120. The third-order valence-electron chi connectivity index (χ3n) is 8.48. The summed E-state index contributed by atoms with van der Waals surface area (Å²) in [7, 11) is 3.21. The van der Waals surface area contributed by atoms with E-state index in [1.807, 2.05) is 72.8 Å². The number of fused-ring (bicyclic) bond motifs is 4. The molecule has 5 aromatic rings. The lowest BCUT2D eigenvalue weighted by Gasteiger charge is -2.36. The minimum atomic E-state index is -0.672. The Bertz CT molecular complexity index is 1880. The van der Waals surface area contributed by atoms with E-state index >= 15 is 0 Å². The van der Waals surface area contributed by atoms with E-state index in [-0.39, 0.29) is 11.8 Å². The first-order chi connectivity index (χ1) is 21.5. The molecular formula is C35H30N4O5. The van der Waals surface area contributed by atoms with Crippen LogP contribution in [0, 0.1) is 0 Å². The summed E-state index contributed by atoms with van der Waals surface area (Å²) in [6, 6.07) is 28.0. The normalized spacial score (nSPS) is 17.4. The molecule has 9 heteroatoms. The number of carbonyl (C=O) groups is 3. The van der Waals surface area contributed by atoms with Crippen LogP contribution in [-0.4, -0.2) is 48.0 Å². The maximum Gasteiger partial charge on any atom is 0.332 e. The molecule has 1 saturated heterocycles. The van der Waals surface area contributed by atoms with Crippen LogP contribution in [0.25, 0.3) is 10.9 Å². The Kier molecular flexibility index (Phi) is 6.77. The Morgan fingerprint density at radius 2 is 1.52 bits per heavy atom. The molecule has 0 saturated carbocycles. The van der Waals surface area contributed by atoms with Gasteiger partial charge in [0.15, 0.2) is 0 Å². The number of nitrogens with one attached hydrogen (secondary N) is 2. The highest BCUT2D eigenvalue weighted by atomic mass is 16.5. The van der Waals surface area contributed by atoms with E-state index in [1.165, 1.54) is 4.90 Å². The van der Waals surface area contributed by atoms with E-state index in [4.69, 9.17) is 9.47 Å². The highest BCUT2D eigenvalue weighted by Gasteiger charge is 2.53. The van der Waals surface area contributed by atoms with Crippen LogP contribution in [0.15, 0.2) is 97.1 Å². The van der Waals surface area contributed by atoms with E-state index in [0.717, 1.165) is 39.0 Å². The molecule has 2 aliphatic heterocycles. The van der Waals surface area contributed by atoms with E-state index in [0.29, 0.717) is 30.0 Å². The number of amides is 4. The summed E-state index contributed by atoms with van der Waals surface area (Å²) in [5, 5.41) is 3.95. The van der Waals surface area contributed by atoms with Crippen molar-refractivity contribution in [2.75, 3.05) is 19.1 Å². The summed E-state index contributed by atoms with van der Waals surface area (Å²) in [5.41, 5.74) is 5.56. The quantitative estimate of drug-likeness (QED) is 0.242. The SMILES string of the molecule is COc1ccc(CNC(=O)c2ccc(N3C(=O)C4Cc5c([nH]c6ccccc56)C(c5ccc(OC)cc5)N4C3=O)cc2)cc1. The molecule has 2 unspecified atom stereocenters. The standard InChI is InChI=1S/C35H30N4O5/c1-43-25-15-7-21(8-16-25)20-36-33(40)23-9-13-24(14-10-23)38-34(41)30-19-28-27-5-3-4-6-29(27)37-31(28)32(39(30)35(38)42)22-11-17-26(44-2)18-12-22/h3-18,30,32,37H,19-20H2,1-2H3,(H,36,40). The third-order valence-corrected chi connectivity index (χ3v) is 8.48. The van der Waals surface area contributed by atoms with Gasteiger partial charge in [-0.25, -0.2) is 9.69 Å². The van der Waals surface area contributed by atoms with Gasteiger partial charge in [-0.1, -0.05) is 42.5 Å². The average molecular weight is 587 g/mol. The molecule has 2 atom stereocenters. The molecule has 9 nitrogen and oxygen atoms in total. The molecule has 220 valence electrons. The number of nitrogens with zero attached hydrogens (tertiary/aromatic N) is 2. The molecule has 2 aliphatic rings. The highest BCUT2D eigenvalue weighted by molar-refractivity contribution is 6.22. The molecule has 2 N–H and O–H groups in total. The molecule has 0 bridgehead atoms. The van der Waals surface area contributed by atoms with Crippen molar-refractivity contribution in [1.29, 1.82) is 0 Å². The molecular weight excluding hydrogens is 556 g/mol. The van der Waals surface area contributed by atoms with Crippen molar-refractivity contribution in [3.63, 3.8) is 0 Å². The van der Waals surface area contributed by atoms with Crippen LogP contribution in [0.4, 0.5) is 10.5 Å². The maximum absolute atomic E-state index is 14.1. The monoisotopic (exact) mass is 586 g/mol. The largest absolute Gasteiger partial charge is 0.497 e. The number of ether oxygens (including phenoxy) is 2. The number of imide groups is 1. The first kappa shape index (κ1) is 27.3. The van der Waals surface area contributed by atoms with Gasteiger partial charge in [-0.2, -0.15) is 0 Å². The van der Waals surface area contributed by atoms with Crippen LogP contribution in [0.5, 0.6) is 11.5 Å². The minimum absolute atomic E-state index is 0.256. The lowest BCUT2D eigenvalue weighted by atomic mass is 9.89. The Hall–Kier alpha value is -5.57. The number of aromatic amines is 1. The van der Waals surface area contributed by atoms with E-state index in [9.17, 15) is 14.4 Å². The van der Waals surface area contributed by atoms with Crippen molar-refractivity contribution >= 4 is 34.4 Å². The summed E-state index contributed by atoms with van der Waals surface area (Å²) < 4.78 is 10.5. The number of hydrogen-bond acceptors (Lipinski definition) is 5. The Morgan fingerprint density at radius 1 is 0.864 bits per heavy atom. The van der Waals surface area contributed by atoms with Crippen LogP contribution in [-0.2, 0) is 17.8 Å². The summed E-state index contributed by atoms with van der Waals surface area (Å²) in [5.74, 6) is 0.904. The van der Waals surface area contributed by atoms with Crippen molar-refractivity contribution in [1.82, 2.24) is 15.2 Å². The molecule has 44 heavy (non-hydrogen) atoms. The Labute approximate surface area is 254 Å². The van der Waals surface area contributed by atoms with Gasteiger partial charge in [0, 0.05) is 35.1 Å². The second-order valence-electron chi connectivity index (χ2n) is 10.9. The molecule has 0 radical (unpaired) electrons. The maximum atomic E-state index is 14.1. The molecule has 3 heterocycles. The highest BCUT2D eigenvalue weighted by Crippen LogP contribution is 2.45. The summed E-state index contributed by atoms with van der Waals surface area (Å²) in [6.07, 6.45) is 0.402.